The smallest absolute Gasteiger partial charge is 0.276 e. The molecule has 3 rings (SSSR count). The third-order valence-electron chi connectivity index (χ3n) is 3.65. The van der Waals surface area contributed by atoms with Crippen LogP contribution in [0.25, 0.3) is 0 Å². The van der Waals surface area contributed by atoms with Gasteiger partial charge in [0.2, 0.25) is 0 Å². The van der Waals surface area contributed by atoms with E-state index in [9.17, 15) is 14.9 Å². The molecule has 0 bridgehead atoms. The maximum Gasteiger partial charge on any atom is 0.276 e. The van der Waals surface area contributed by atoms with Gasteiger partial charge in [0.05, 0.1) is 11.1 Å². The number of hydrogen-bond acceptors (Lipinski definition) is 5. The van der Waals surface area contributed by atoms with Crippen molar-refractivity contribution < 1.29 is 9.72 Å². The molecule has 8 nitrogen and oxygen atoms in total. The number of rotatable bonds is 5. The fraction of sp³-hybridized carbons (Fsp3) is 0.0556. The Balaban J connectivity index is 1.85. The van der Waals surface area contributed by atoms with Gasteiger partial charge in [0.25, 0.3) is 11.6 Å². The number of hydrogen-bond donors (Lipinski definition) is 1. The summed E-state index contributed by atoms with van der Waals surface area (Å²) in [6, 6.07) is 12.8. The Labute approximate surface area is 159 Å². The zero-order chi connectivity index (χ0) is 19.4. The molecule has 0 radical (unpaired) electrons. The van der Waals surface area contributed by atoms with Crippen molar-refractivity contribution in [3.05, 3.63) is 81.1 Å². The van der Waals surface area contributed by atoms with E-state index in [1.807, 2.05) is 0 Å². The molecule has 2 aromatic carbocycles. The van der Waals surface area contributed by atoms with Crippen molar-refractivity contribution in [3.63, 3.8) is 0 Å². The molecule has 0 saturated heterocycles. The van der Waals surface area contributed by atoms with E-state index in [0.29, 0.717) is 22.0 Å². The highest BCUT2D eigenvalue weighted by molar-refractivity contribution is 6.31. The maximum absolute atomic E-state index is 12.6. The summed E-state index contributed by atoms with van der Waals surface area (Å²) in [5, 5.41) is 18.2. The zero-order valence-electron chi connectivity index (χ0n) is 14.2. The second-order valence-corrected chi connectivity index (χ2v) is 6.01. The van der Waals surface area contributed by atoms with Gasteiger partial charge in [-0.3, -0.25) is 24.6 Å². The van der Waals surface area contributed by atoms with Crippen LogP contribution in [0.5, 0.6) is 0 Å². The number of carbonyl (C=O) groups is 1. The van der Waals surface area contributed by atoms with E-state index in [0.717, 1.165) is 0 Å². The van der Waals surface area contributed by atoms with Crippen LogP contribution in [0.2, 0.25) is 5.02 Å². The number of nitro groups is 1. The van der Waals surface area contributed by atoms with Crippen molar-refractivity contribution in [2.24, 2.45) is 12.0 Å². The molecule has 0 fully saturated rings. The van der Waals surface area contributed by atoms with Crippen LogP contribution in [0.3, 0.4) is 0 Å². The van der Waals surface area contributed by atoms with Gasteiger partial charge in [-0.15, -0.1) is 0 Å². The van der Waals surface area contributed by atoms with Crippen molar-refractivity contribution in [2.75, 3.05) is 5.32 Å². The van der Waals surface area contributed by atoms with Gasteiger partial charge in [-0.05, 0) is 23.8 Å². The maximum atomic E-state index is 12.6. The van der Waals surface area contributed by atoms with Crippen molar-refractivity contribution in [1.82, 2.24) is 9.78 Å². The number of benzene rings is 2. The van der Waals surface area contributed by atoms with Crippen LogP contribution in [0.1, 0.15) is 16.1 Å². The van der Waals surface area contributed by atoms with E-state index in [4.69, 9.17) is 11.6 Å². The highest BCUT2D eigenvalue weighted by Crippen LogP contribution is 2.21. The molecule has 3 aromatic rings. The number of nitrogens with one attached hydrogen (secondary N) is 1. The Morgan fingerprint density at radius 1 is 1.30 bits per heavy atom. The van der Waals surface area contributed by atoms with Crippen molar-refractivity contribution in [1.29, 1.82) is 0 Å². The molecule has 0 saturated carbocycles. The predicted molar refractivity (Wildman–Crippen MR) is 103 cm³/mol. The third-order valence-corrected chi connectivity index (χ3v) is 3.89. The first kappa shape index (κ1) is 18.3. The highest BCUT2D eigenvalue weighted by Gasteiger charge is 2.17. The summed E-state index contributed by atoms with van der Waals surface area (Å²) in [4.78, 5) is 27.2. The SMILES string of the molecule is Cn1ncc(N=Cc2cccc([N+](=O)[O-])c2)c1C(=O)Nc1cccc(Cl)c1. The average molecular weight is 384 g/mol. The molecule has 1 aromatic heterocycles. The molecule has 27 heavy (non-hydrogen) atoms. The molecule has 0 aliphatic carbocycles. The lowest BCUT2D eigenvalue weighted by Gasteiger charge is -2.06. The van der Waals surface area contributed by atoms with E-state index in [2.05, 4.69) is 15.4 Å². The summed E-state index contributed by atoms with van der Waals surface area (Å²) >= 11 is 5.93. The van der Waals surface area contributed by atoms with Crippen LogP contribution < -0.4 is 5.32 Å². The Bertz CT molecular complexity index is 1040. The van der Waals surface area contributed by atoms with E-state index >= 15 is 0 Å². The summed E-state index contributed by atoms with van der Waals surface area (Å²) in [5.74, 6) is -0.400. The molecule has 1 heterocycles. The van der Waals surface area contributed by atoms with Crippen molar-refractivity contribution in [2.45, 2.75) is 0 Å². The summed E-state index contributed by atoms with van der Waals surface area (Å²) in [6.45, 7) is 0. The summed E-state index contributed by atoms with van der Waals surface area (Å²) < 4.78 is 1.40. The molecular weight excluding hydrogens is 370 g/mol. The number of anilines is 1. The van der Waals surface area contributed by atoms with E-state index < -0.39 is 10.8 Å². The van der Waals surface area contributed by atoms with E-state index in [1.165, 1.54) is 29.2 Å². The molecule has 0 aliphatic heterocycles. The lowest BCUT2D eigenvalue weighted by molar-refractivity contribution is -0.384. The van der Waals surface area contributed by atoms with Crippen molar-refractivity contribution in [3.8, 4) is 0 Å². The number of nitrogens with zero attached hydrogens (tertiary/aromatic N) is 4. The van der Waals surface area contributed by atoms with Crippen LogP contribution in [-0.4, -0.2) is 26.8 Å². The van der Waals surface area contributed by atoms with Gasteiger partial charge in [-0.2, -0.15) is 5.10 Å². The minimum Gasteiger partial charge on any atom is -0.321 e. The van der Waals surface area contributed by atoms with Gasteiger partial charge in [-0.25, -0.2) is 0 Å². The normalized spacial score (nSPS) is 10.9. The third kappa shape index (κ3) is 4.36. The highest BCUT2D eigenvalue weighted by atomic mass is 35.5. The minimum atomic E-state index is -0.481. The summed E-state index contributed by atoms with van der Waals surface area (Å²) in [5.41, 5.74) is 1.63. The first-order chi connectivity index (χ1) is 12.9. The average Bonchev–Trinajstić information content (AvgIpc) is 3.01. The number of halogens is 1. The number of amides is 1. The monoisotopic (exact) mass is 383 g/mol. The number of carbonyl (C=O) groups excluding carboxylic acids is 1. The molecule has 9 heteroatoms. The van der Waals surface area contributed by atoms with Gasteiger partial charge in [0.1, 0.15) is 5.69 Å². The van der Waals surface area contributed by atoms with Crippen LogP contribution in [0.15, 0.2) is 59.7 Å². The molecule has 136 valence electrons. The lowest BCUT2D eigenvalue weighted by atomic mass is 10.2. The van der Waals surface area contributed by atoms with E-state index in [1.54, 1.807) is 43.4 Å². The fourth-order valence-electron chi connectivity index (χ4n) is 2.40. The van der Waals surface area contributed by atoms with Gasteiger partial charge >= 0.3 is 0 Å². The molecule has 0 atom stereocenters. The molecule has 0 spiro atoms. The molecule has 1 amide bonds. The first-order valence-corrected chi connectivity index (χ1v) is 8.19. The molecule has 0 unspecified atom stereocenters. The number of aliphatic imine (C=N–C) groups is 1. The van der Waals surface area contributed by atoms with Gasteiger partial charge in [-0.1, -0.05) is 29.8 Å². The van der Waals surface area contributed by atoms with Crippen molar-refractivity contribution >= 4 is 40.8 Å². The van der Waals surface area contributed by atoms with E-state index in [-0.39, 0.29) is 11.4 Å². The number of aromatic nitrogens is 2. The molecular formula is C18H14ClN5O3. The second-order valence-electron chi connectivity index (χ2n) is 5.58. The standard InChI is InChI=1S/C18H14ClN5O3/c1-23-17(18(25)22-14-6-3-5-13(19)9-14)16(11-21-23)20-10-12-4-2-7-15(8-12)24(26)27/h2-11H,1H3,(H,22,25). The molecule has 0 aliphatic rings. The Kier molecular flexibility index (Phi) is 5.28. The Hall–Kier alpha value is -3.52. The van der Waals surface area contributed by atoms with Gasteiger partial charge in [0.15, 0.2) is 5.69 Å². The Morgan fingerprint density at radius 2 is 2.07 bits per heavy atom. The van der Waals surface area contributed by atoms with Crippen LogP contribution >= 0.6 is 11.6 Å². The quantitative estimate of drug-likeness (QED) is 0.408. The molecule has 1 N–H and O–H groups in total. The summed E-state index contributed by atoms with van der Waals surface area (Å²) in [6.07, 6.45) is 2.89. The van der Waals surface area contributed by atoms with Crippen LogP contribution in [0, 0.1) is 10.1 Å². The number of aryl methyl sites for hydroxylation is 1. The van der Waals surface area contributed by atoms with Crippen LogP contribution in [-0.2, 0) is 7.05 Å². The fourth-order valence-corrected chi connectivity index (χ4v) is 2.59. The number of non-ortho nitro benzene ring substituents is 1. The predicted octanol–water partition coefficient (Wildman–Crippen LogP) is 3.98. The second kappa shape index (κ2) is 7.79. The first-order valence-electron chi connectivity index (χ1n) is 7.81. The largest absolute Gasteiger partial charge is 0.321 e. The number of nitro benzene ring substituents is 1. The van der Waals surface area contributed by atoms with Gasteiger partial charge in [0, 0.05) is 36.1 Å². The topological polar surface area (TPSA) is 102 Å². The zero-order valence-corrected chi connectivity index (χ0v) is 14.9. The Morgan fingerprint density at radius 3 is 2.81 bits per heavy atom. The van der Waals surface area contributed by atoms with Crippen LogP contribution in [0.4, 0.5) is 17.1 Å². The van der Waals surface area contributed by atoms with Gasteiger partial charge < -0.3 is 5.32 Å². The lowest BCUT2D eigenvalue weighted by Crippen LogP contribution is -2.16. The minimum absolute atomic E-state index is 0.0379. The summed E-state index contributed by atoms with van der Waals surface area (Å²) in [7, 11) is 1.62.